The summed E-state index contributed by atoms with van der Waals surface area (Å²) in [4.78, 5) is 24.4. The number of aliphatic hydroxyl groups is 1. The first-order valence-electron chi connectivity index (χ1n) is 19.3. The molecule has 5 N–H and O–H groups in total. The molecule has 0 heterocycles. The predicted molar refractivity (Wildman–Crippen MR) is 224 cm³/mol. The maximum absolute atomic E-state index is 12.3. The number of aliphatic hydroxyl groups excluding tert-OH is 1. The van der Waals surface area contributed by atoms with Crippen LogP contribution in [0.5, 0.6) is 11.5 Å². The van der Waals surface area contributed by atoms with Crippen LogP contribution < -0.4 is 20.9 Å². The fourth-order valence-corrected chi connectivity index (χ4v) is 5.96. The first-order chi connectivity index (χ1) is 27.8. The number of Topliss-reactive ketones (excluding diaryl/α,β-unsaturated/α-hetero) is 1. The minimum Gasteiger partial charge on any atom is -0.489 e. The third kappa shape index (κ3) is 15.2. The molecule has 0 aliphatic carbocycles. The average molecular weight is 765 g/mol. The van der Waals surface area contributed by atoms with Crippen molar-refractivity contribution in [3.8, 4) is 11.5 Å². The summed E-state index contributed by atoms with van der Waals surface area (Å²) < 4.78 is 16.7. The lowest BCUT2D eigenvalue weighted by atomic mass is 9.98. The highest BCUT2D eigenvalue weighted by Crippen LogP contribution is 2.18. The van der Waals surface area contributed by atoms with Crippen molar-refractivity contribution in [2.24, 2.45) is 11.5 Å². The maximum Gasteiger partial charge on any atom is 0.336 e. The summed E-state index contributed by atoms with van der Waals surface area (Å²) in [5.41, 5.74) is 18.4. The van der Waals surface area contributed by atoms with Gasteiger partial charge in [0.05, 0.1) is 6.04 Å². The molecule has 0 spiro atoms. The van der Waals surface area contributed by atoms with E-state index in [1.54, 1.807) is 0 Å². The molecule has 57 heavy (non-hydrogen) atoms. The van der Waals surface area contributed by atoms with Crippen LogP contribution >= 0.6 is 0 Å². The van der Waals surface area contributed by atoms with Crippen LogP contribution in [0.3, 0.4) is 0 Å². The van der Waals surface area contributed by atoms with Crippen molar-refractivity contribution >= 4 is 11.8 Å². The number of rotatable bonds is 19. The number of hydrogen-bond donors (Lipinski definition) is 3. The van der Waals surface area contributed by atoms with Gasteiger partial charge in [0.15, 0.2) is 6.10 Å². The van der Waals surface area contributed by atoms with Crippen LogP contribution in [0.15, 0.2) is 170 Å². The lowest BCUT2D eigenvalue weighted by Crippen LogP contribution is -2.42. The number of ether oxygens (including phenoxy) is 3. The minimum absolute atomic E-state index is 0.108. The zero-order valence-corrected chi connectivity index (χ0v) is 32.2. The molecule has 0 saturated carbocycles. The summed E-state index contributed by atoms with van der Waals surface area (Å²) in [6, 6.07) is 53.6. The summed E-state index contributed by atoms with van der Waals surface area (Å²) in [5, 5.41) is 10.2. The molecule has 0 aliphatic rings. The van der Waals surface area contributed by atoms with Gasteiger partial charge in [0.25, 0.3) is 0 Å². The summed E-state index contributed by atoms with van der Waals surface area (Å²) in [6.07, 6.45) is 1.79. The fraction of sp³-hybridized carbons (Fsp3) is 0.224. The van der Waals surface area contributed by atoms with Crippen molar-refractivity contribution in [1.29, 1.82) is 0 Å². The largest absolute Gasteiger partial charge is 0.489 e. The van der Waals surface area contributed by atoms with E-state index in [4.69, 9.17) is 25.7 Å². The number of esters is 1. The SMILES string of the molecule is NC(Cc1ccc(OCc2ccccc2)cc1)C(=O)CCCc1ccccc1.NC(Cc1ccc(OCc2ccccc2)cc1)[C@H](O)C(=O)OCc1ccccc1. The van der Waals surface area contributed by atoms with E-state index in [9.17, 15) is 14.7 Å². The zero-order valence-electron chi connectivity index (χ0n) is 32.2. The lowest BCUT2D eigenvalue weighted by Gasteiger charge is -2.18. The predicted octanol–water partition coefficient (Wildman–Crippen LogP) is 7.97. The Balaban J connectivity index is 0.000000218. The van der Waals surface area contributed by atoms with Gasteiger partial charge in [-0.25, -0.2) is 4.79 Å². The van der Waals surface area contributed by atoms with Crippen molar-refractivity contribution in [2.75, 3.05) is 0 Å². The van der Waals surface area contributed by atoms with E-state index in [-0.39, 0.29) is 12.4 Å². The molecule has 6 aromatic rings. The first kappa shape index (κ1) is 42.1. The van der Waals surface area contributed by atoms with Crippen LogP contribution in [0.4, 0.5) is 0 Å². The number of hydrogen-bond acceptors (Lipinski definition) is 8. The molecule has 0 amide bonds. The summed E-state index contributed by atoms with van der Waals surface area (Å²) >= 11 is 0. The third-order valence-electron chi connectivity index (χ3n) is 9.29. The van der Waals surface area contributed by atoms with Crippen LogP contribution in [-0.4, -0.2) is 35.0 Å². The van der Waals surface area contributed by atoms with Crippen molar-refractivity contribution in [3.05, 3.63) is 203 Å². The number of ketones is 1. The van der Waals surface area contributed by atoms with Gasteiger partial charge in [0, 0.05) is 12.5 Å². The smallest absolute Gasteiger partial charge is 0.336 e. The van der Waals surface area contributed by atoms with Gasteiger partial charge in [-0.3, -0.25) is 4.79 Å². The van der Waals surface area contributed by atoms with Crippen molar-refractivity contribution in [1.82, 2.24) is 0 Å². The molecule has 294 valence electrons. The van der Waals surface area contributed by atoms with E-state index in [0.29, 0.717) is 32.5 Å². The monoisotopic (exact) mass is 764 g/mol. The van der Waals surface area contributed by atoms with Crippen LogP contribution in [-0.2, 0) is 53.4 Å². The molecular formula is C49H52N2O6. The molecule has 3 atom stereocenters. The standard InChI is InChI=1S/C25H27NO2.C24H25NO4/c26-24(25(27)13-7-12-20-8-3-1-4-9-20)18-21-14-16-23(17-15-21)28-19-22-10-5-2-6-11-22;25-22(23(26)24(27)29-17-20-9-5-2-6-10-20)15-18-11-13-21(14-12-18)28-16-19-7-3-1-4-8-19/h1-6,8-11,14-17,24H,7,12-13,18-19,26H2;1-14,22-23,26H,15-17,25H2/t;22?,23-/m.0/s1. The van der Waals surface area contributed by atoms with E-state index in [0.717, 1.165) is 52.2 Å². The Morgan fingerprint density at radius 3 is 1.35 bits per heavy atom. The summed E-state index contributed by atoms with van der Waals surface area (Å²) in [7, 11) is 0. The van der Waals surface area contributed by atoms with Crippen molar-refractivity contribution in [2.45, 2.75) is 70.1 Å². The van der Waals surface area contributed by atoms with Gasteiger partial charge in [0.1, 0.15) is 37.1 Å². The molecule has 2 unspecified atom stereocenters. The van der Waals surface area contributed by atoms with Gasteiger partial charge < -0.3 is 30.8 Å². The lowest BCUT2D eigenvalue weighted by molar-refractivity contribution is -0.156. The van der Waals surface area contributed by atoms with Gasteiger partial charge in [-0.05, 0) is 83.3 Å². The van der Waals surface area contributed by atoms with Gasteiger partial charge in [-0.15, -0.1) is 0 Å². The van der Waals surface area contributed by atoms with Crippen LogP contribution in [0.25, 0.3) is 0 Å². The van der Waals surface area contributed by atoms with Gasteiger partial charge in [0.2, 0.25) is 0 Å². The molecule has 0 fully saturated rings. The Labute approximate surface area is 336 Å². The Morgan fingerprint density at radius 2 is 0.895 bits per heavy atom. The normalized spacial score (nSPS) is 12.3. The topological polar surface area (TPSA) is 134 Å². The number of carbonyl (C=O) groups excluding carboxylic acids is 2. The first-order valence-corrected chi connectivity index (χ1v) is 19.3. The second-order valence-corrected chi connectivity index (χ2v) is 13.9. The Morgan fingerprint density at radius 1 is 0.491 bits per heavy atom. The molecule has 6 aromatic carbocycles. The quantitative estimate of drug-likeness (QED) is 0.0708. The van der Waals surface area contributed by atoms with E-state index < -0.39 is 24.2 Å². The highest BCUT2D eigenvalue weighted by molar-refractivity contribution is 5.84. The number of nitrogens with two attached hydrogens (primary N) is 2. The zero-order chi connectivity index (χ0) is 40.1. The Kier molecular flexibility index (Phi) is 17.1. The summed E-state index contributed by atoms with van der Waals surface area (Å²) in [5.74, 6) is 0.967. The van der Waals surface area contributed by atoms with E-state index in [1.807, 2.05) is 158 Å². The second-order valence-electron chi connectivity index (χ2n) is 13.9. The molecule has 8 heteroatoms. The minimum atomic E-state index is -1.38. The van der Waals surface area contributed by atoms with Crippen molar-refractivity contribution in [3.63, 3.8) is 0 Å². The van der Waals surface area contributed by atoms with Gasteiger partial charge >= 0.3 is 5.97 Å². The number of carbonyl (C=O) groups is 2. The van der Waals surface area contributed by atoms with Crippen LogP contribution in [0, 0.1) is 0 Å². The summed E-state index contributed by atoms with van der Waals surface area (Å²) in [6.45, 7) is 1.14. The van der Waals surface area contributed by atoms with Crippen LogP contribution in [0.2, 0.25) is 0 Å². The maximum atomic E-state index is 12.3. The van der Waals surface area contributed by atoms with E-state index in [1.165, 1.54) is 5.56 Å². The molecule has 6 rings (SSSR count). The molecule has 0 aromatic heterocycles. The molecule has 8 nitrogen and oxygen atoms in total. The van der Waals surface area contributed by atoms with E-state index in [2.05, 4.69) is 12.1 Å². The van der Waals surface area contributed by atoms with Gasteiger partial charge in [-0.2, -0.15) is 0 Å². The average Bonchev–Trinajstić information content (AvgIpc) is 3.26. The van der Waals surface area contributed by atoms with Crippen LogP contribution in [0.1, 0.15) is 46.2 Å². The molecular weight excluding hydrogens is 713 g/mol. The number of aryl methyl sites for hydroxylation is 1. The highest BCUT2D eigenvalue weighted by atomic mass is 16.5. The fourth-order valence-electron chi connectivity index (χ4n) is 5.96. The third-order valence-corrected chi connectivity index (χ3v) is 9.29. The second kappa shape index (κ2) is 23.1. The molecule has 0 aliphatic heterocycles. The van der Waals surface area contributed by atoms with E-state index >= 15 is 0 Å². The molecule has 0 bridgehead atoms. The Bertz CT molecular complexity index is 2030. The Hall–Kier alpha value is -6.06. The van der Waals surface area contributed by atoms with Gasteiger partial charge in [-0.1, -0.05) is 146 Å². The molecule has 0 saturated heterocycles. The number of benzene rings is 6. The highest BCUT2D eigenvalue weighted by Gasteiger charge is 2.25. The van der Waals surface area contributed by atoms with Crippen molar-refractivity contribution < 1.29 is 28.9 Å². The molecule has 0 radical (unpaired) electrons.